The van der Waals surface area contributed by atoms with Crippen LogP contribution >= 0.6 is 0 Å². The van der Waals surface area contributed by atoms with E-state index in [0.29, 0.717) is 18.2 Å². The van der Waals surface area contributed by atoms with Crippen molar-refractivity contribution >= 4 is 27.5 Å². The summed E-state index contributed by atoms with van der Waals surface area (Å²) in [6, 6.07) is 1.86. The number of aromatic nitrogens is 2. The van der Waals surface area contributed by atoms with E-state index in [0.717, 1.165) is 12.1 Å². The third-order valence-electron chi connectivity index (χ3n) is 3.40. The van der Waals surface area contributed by atoms with Crippen molar-refractivity contribution in [1.29, 1.82) is 0 Å². The highest BCUT2D eigenvalue weighted by molar-refractivity contribution is 7.92. The van der Waals surface area contributed by atoms with Crippen LogP contribution in [0.4, 0.5) is 55.9 Å². The average molecular weight is 542 g/mol. The van der Waals surface area contributed by atoms with E-state index < -0.39 is 69.5 Å². The summed E-state index contributed by atoms with van der Waals surface area (Å²) in [5.74, 6) is -2.69. The predicted molar refractivity (Wildman–Crippen MR) is 97.5 cm³/mol. The van der Waals surface area contributed by atoms with E-state index in [1.54, 1.807) is 0 Å². The average Bonchev–Trinajstić information content (AvgIpc) is 2.69. The molecule has 0 bridgehead atoms. The zero-order chi connectivity index (χ0) is 26.7. The molecule has 0 spiro atoms. The maximum absolute atomic E-state index is 12.6. The lowest BCUT2D eigenvalue weighted by Crippen LogP contribution is -2.24. The van der Waals surface area contributed by atoms with Crippen LogP contribution in [0.2, 0.25) is 0 Å². The highest BCUT2D eigenvalue weighted by Gasteiger charge is 2.46. The number of amides is 2. The summed E-state index contributed by atoms with van der Waals surface area (Å²) in [5.41, 5.74) is -5.82. The van der Waals surface area contributed by atoms with Crippen LogP contribution in [-0.4, -0.2) is 55.5 Å². The molecule has 2 rings (SSSR count). The lowest BCUT2D eigenvalue weighted by molar-refractivity contribution is -0.154. The Morgan fingerprint density at radius 1 is 0.800 bits per heavy atom. The van der Waals surface area contributed by atoms with Crippen LogP contribution in [-0.2, 0) is 9.84 Å². The Bertz CT molecular complexity index is 1110. The van der Waals surface area contributed by atoms with Crippen molar-refractivity contribution in [2.75, 3.05) is 23.8 Å². The van der Waals surface area contributed by atoms with Gasteiger partial charge in [0.1, 0.15) is 0 Å². The Hall–Kier alpha value is -3.51. The highest BCUT2D eigenvalue weighted by Crippen LogP contribution is 2.30. The van der Waals surface area contributed by atoms with Crippen molar-refractivity contribution in [3.8, 4) is 11.8 Å². The molecule has 0 aliphatic rings. The fourth-order valence-corrected chi connectivity index (χ4v) is 2.80. The minimum absolute atomic E-state index is 0.248. The first-order valence-electron chi connectivity index (χ1n) is 8.63. The summed E-state index contributed by atoms with van der Waals surface area (Å²) in [5, 5.41) is 3.85. The molecule has 0 saturated carbocycles. The minimum atomic E-state index is -5.65. The molecule has 194 valence electrons. The summed E-state index contributed by atoms with van der Waals surface area (Å²) >= 11 is 0. The van der Waals surface area contributed by atoms with Gasteiger partial charge in [0, 0.05) is 5.69 Å². The first kappa shape index (κ1) is 27.7. The number of alkyl halides is 9. The molecule has 0 aliphatic heterocycles. The lowest BCUT2D eigenvalue weighted by atomic mass is 10.3. The molecule has 1 heterocycles. The zero-order valence-electron chi connectivity index (χ0n) is 16.5. The van der Waals surface area contributed by atoms with Gasteiger partial charge < -0.3 is 14.8 Å². The summed E-state index contributed by atoms with van der Waals surface area (Å²) in [4.78, 5) is 17.6. The van der Waals surface area contributed by atoms with Crippen molar-refractivity contribution in [3.05, 3.63) is 30.3 Å². The molecule has 0 saturated heterocycles. The fraction of sp³-hybridized carbons (Fsp3) is 0.312. The number of sulfone groups is 1. The molecule has 0 radical (unpaired) electrons. The Morgan fingerprint density at radius 3 is 1.66 bits per heavy atom. The highest BCUT2D eigenvalue weighted by atomic mass is 32.2. The van der Waals surface area contributed by atoms with Crippen LogP contribution in [0, 0.1) is 0 Å². The lowest BCUT2D eigenvalue weighted by Gasteiger charge is -2.13. The van der Waals surface area contributed by atoms with Crippen LogP contribution in [0.25, 0.3) is 0 Å². The van der Waals surface area contributed by atoms with E-state index in [1.165, 1.54) is 0 Å². The van der Waals surface area contributed by atoms with Crippen LogP contribution in [0.5, 0.6) is 11.8 Å². The first-order valence-corrected chi connectivity index (χ1v) is 10.1. The first-order chi connectivity index (χ1) is 15.9. The van der Waals surface area contributed by atoms with Gasteiger partial charge in [-0.15, -0.1) is 0 Å². The number of nitrogens with one attached hydrogen (secondary N) is 2. The molecular weight excluding hydrogens is 531 g/mol. The van der Waals surface area contributed by atoms with E-state index in [4.69, 9.17) is 0 Å². The number of ether oxygens (including phenoxy) is 2. The van der Waals surface area contributed by atoms with Crippen molar-refractivity contribution in [1.82, 2.24) is 9.97 Å². The van der Waals surface area contributed by atoms with Crippen LogP contribution < -0.4 is 20.1 Å². The molecule has 35 heavy (non-hydrogen) atoms. The molecule has 0 fully saturated rings. The van der Waals surface area contributed by atoms with E-state index in [-0.39, 0.29) is 5.69 Å². The van der Waals surface area contributed by atoms with Crippen molar-refractivity contribution in [3.63, 3.8) is 0 Å². The van der Waals surface area contributed by atoms with Gasteiger partial charge in [-0.2, -0.15) is 49.5 Å². The van der Waals surface area contributed by atoms with Gasteiger partial charge in [0.2, 0.25) is 17.7 Å². The number of carbonyl (C=O) groups excluding carboxylic acids is 1. The van der Waals surface area contributed by atoms with Crippen LogP contribution in [0.15, 0.2) is 35.2 Å². The van der Waals surface area contributed by atoms with E-state index in [2.05, 4.69) is 19.4 Å². The summed E-state index contributed by atoms with van der Waals surface area (Å²) < 4.78 is 143. The fourth-order valence-electron chi connectivity index (χ4n) is 2.03. The smallest absolute Gasteiger partial charge is 0.468 e. The Balaban J connectivity index is 2.17. The molecule has 19 heteroatoms. The molecule has 1 aromatic heterocycles. The van der Waals surface area contributed by atoms with Gasteiger partial charge in [-0.1, -0.05) is 0 Å². The number of halogens is 9. The molecule has 0 aliphatic carbocycles. The quantitative estimate of drug-likeness (QED) is 0.501. The second-order valence-corrected chi connectivity index (χ2v) is 8.17. The Morgan fingerprint density at radius 2 is 1.26 bits per heavy atom. The van der Waals surface area contributed by atoms with Gasteiger partial charge in [-0.05, 0) is 24.3 Å². The number of urea groups is 1. The molecule has 2 N–H and O–H groups in total. The van der Waals surface area contributed by atoms with Gasteiger partial charge in [0.15, 0.2) is 13.2 Å². The van der Waals surface area contributed by atoms with E-state index in [1.807, 2.05) is 10.6 Å². The van der Waals surface area contributed by atoms with E-state index >= 15 is 0 Å². The van der Waals surface area contributed by atoms with Gasteiger partial charge in [0.25, 0.3) is 9.84 Å². The van der Waals surface area contributed by atoms with Crippen molar-refractivity contribution in [2.45, 2.75) is 22.8 Å². The van der Waals surface area contributed by atoms with Crippen LogP contribution in [0.3, 0.4) is 0 Å². The molecular formula is C16H11F9N4O5S. The SMILES string of the molecule is O=C(Nc1ccc(S(=O)(=O)C(F)(F)F)cc1)Nc1nc(OCC(F)(F)F)cc(OCC(F)(F)F)n1. The molecule has 0 unspecified atom stereocenters. The van der Waals surface area contributed by atoms with Gasteiger partial charge >= 0.3 is 23.9 Å². The third kappa shape index (κ3) is 8.65. The number of hydrogen-bond acceptors (Lipinski definition) is 7. The molecule has 2 aromatic rings. The maximum atomic E-state index is 12.6. The normalized spacial score (nSPS) is 12.7. The molecule has 1 aromatic carbocycles. The van der Waals surface area contributed by atoms with Crippen molar-refractivity contribution < 1.29 is 62.2 Å². The summed E-state index contributed by atoms with van der Waals surface area (Å²) in [7, 11) is -5.65. The minimum Gasteiger partial charge on any atom is -0.468 e. The molecule has 2 amide bonds. The Labute approximate surface area is 189 Å². The van der Waals surface area contributed by atoms with Crippen molar-refractivity contribution in [2.24, 2.45) is 0 Å². The topological polar surface area (TPSA) is 120 Å². The number of anilines is 2. The number of carbonyl (C=O) groups is 1. The third-order valence-corrected chi connectivity index (χ3v) is 4.90. The van der Waals surface area contributed by atoms with Crippen LogP contribution in [0.1, 0.15) is 0 Å². The zero-order valence-corrected chi connectivity index (χ0v) is 17.4. The van der Waals surface area contributed by atoms with Gasteiger partial charge in [-0.3, -0.25) is 5.32 Å². The van der Waals surface area contributed by atoms with Gasteiger partial charge in [0.05, 0.1) is 11.0 Å². The predicted octanol–water partition coefficient (Wildman–Crippen LogP) is 4.30. The Kier molecular flexibility index (Phi) is 7.92. The number of nitrogens with zero attached hydrogens (tertiary/aromatic N) is 2. The summed E-state index contributed by atoms with van der Waals surface area (Å²) in [6.45, 7) is -3.77. The number of benzene rings is 1. The number of hydrogen-bond donors (Lipinski definition) is 2. The second-order valence-electron chi connectivity index (χ2n) is 6.23. The van der Waals surface area contributed by atoms with E-state index in [9.17, 15) is 52.7 Å². The van der Waals surface area contributed by atoms with Gasteiger partial charge in [-0.25, -0.2) is 13.2 Å². The maximum Gasteiger partial charge on any atom is 0.501 e. The number of rotatable bonds is 7. The second kappa shape index (κ2) is 10.0. The summed E-state index contributed by atoms with van der Waals surface area (Å²) in [6.07, 6.45) is -9.68. The largest absolute Gasteiger partial charge is 0.501 e. The standard InChI is InChI=1S/C16H11F9N4O5S/c17-14(18,19)6-33-10-5-11(34-7-15(20,21)22)28-12(27-10)29-13(30)26-8-1-3-9(4-2-8)35(31,32)16(23,24)25/h1-5H,6-7H2,(H2,26,27,28,29,30). The monoisotopic (exact) mass is 542 g/mol. The molecule has 9 nitrogen and oxygen atoms in total. The molecule has 0 atom stereocenters.